The molecular weight excluding hydrogens is 252 g/mol. The minimum absolute atomic E-state index is 0.446. The monoisotopic (exact) mass is 268 g/mol. The molecule has 1 N–H and O–H groups in total. The van der Waals surface area contributed by atoms with Gasteiger partial charge in [-0.3, -0.25) is 0 Å². The molecule has 0 aliphatic rings. The average Bonchev–Trinajstić information content (AvgIpc) is 2.16. The number of hydrogen-bond donors (Lipinski definition) is 1. The summed E-state index contributed by atoms with van der Waals surface area (Å²) in [5, 5.41) is 8.68. The Labute approximate surface area is 93.4 Å². The zero-order valence-corrected chi connectivity index (χ0v) is 14.7. The molecule has 0 fully saturated rings. The summed E-state index contributed by atoms with van der Waals surface area (Å²) in [5.74, 6) is -0.844. The third-order valence-electron chi connectivity index (χ3n) is 1.47. The van der Waals surface area contributed by atoms with Gasteiger partial charge in [-0.1, -0.05) is 12.6 Å². The maximum absolute atomic E-state index is 10.6. The van der Waals surface area contributed by atoms with E-state index in [-0.39, 0.29) is 0 Å². The summed E-state index contributed by atoms with van der Waals surface area (Å²) in [7, 11) is -1.77. The van der Waals surface area contributed by atoms with Crippen LogP contribution in [0.1, 0.15) is 13.3 Å². The molecule has 0 radical (unpaired) electrons. The number of carbonyl (C=O) groups is 1. The van der Waals surface area contributed by atoms with Gasteiger partial charge in [0, 0.05) is 5.57 Å². The summed E-state index contributed by atoms with van der Waals surface area (Å²) in [4.78, 5) is 10.6. The maximum atomic E-state index is 10.6. The quantitative estimate of drug-likeness (QED) is 0.285. The highest BCUT2D eigenvalue weighted by atomic mass is 28.4. The molecule has 0 bridgehead atoms. The van der Waals surface area contributed by atoms with E-state index in [2.05, 4.69) is 0 Å². The van der Waals surface area contributed by atoms with Gasteiger partial charge in [-0.2, -0.15) is 0 Å². The summed E-state index contributed by atoms with van der Waals surface area (Å²) in [6, 6.07) is 0. The van der Waals surface area contributed by atoms with Gasteiger partial charge in [0.05, 0.1) is 0 Å². The van der Waals surface area contributed by atoms with Crippen LogP contribution in [-0.2, 0) is 17.1 Å². The molecule has 0 aromatic heterocycles. The third kappa shape index (κ3) is 7.37. The molecule has 0 unspecified atom stereocenters. The fraction of sp³-hybridized carbons (Fsp3) is 0.400. The predicted octanol–water partition coefficient (Wildman–Crippen LogP) is -3.22. The van der Waals surface area contributed by atoms with E-state index in [1.807, 2.05) is 6.92 Å². The number of carboxylic acids is 1. The van der Waals surface area contributed by atoms with Gasteiger partial charge in [-0.15, -0.1) is 0 Å². The van der Waals surface area contributed by atoms with E-state index in [4.69, 9.17) is 17.5 Å². The zero-order valence-electron chi connectivity index (χ0n) is 8.49. The van der Waals surface area contributed by atoms with Crippen molar-refractivity contribution in [2.24, 2.45) is 0 Å². The van der Waals surface area contributed by atoms with E-state index in [0.717, 1.165) is 10.5 Å². The van der Waals surface area contributed by atoms with Gasteiger partial charge < -0.3 is 17.5 Å². The highest BCUT2D eigenvalue weighted by molar-refractivity contribution is 6.47. The summed E-state index contributed by atoms with van der Waals surface area (Å²) in [6.45, 7) is 1.82. The molecule has 0 saturated heterocycles. The molecule has 0 saturated carbocycles. The number of aliphatic carboxylic acids is 1. The van der Waals surface area contributed by atoms with Crippen LogP contribution < -0.4 is 0 Å². The molecule has 14 heavy (non-hydrogen) atoms. The lowest BCUT2D eigenvalue weighted by Gasteiger charge is -2.02. The van der Waals surface area contributed by atoms with E-state index >= 15 is 0 Å². The van der Waals surface area contributed by atoms with E-state index in [1.54, 1.807) is 5.70 Å². The molecule has 5 nitrogen and oxygen atoms in total. The minimum Gasteiger partial charge on any atom is -0.478 e. The average molecular weight is 269 g/mol. The van der Waals surface area contributed by atoms with E-state index in [9.17, 15) is 4.79 Å². The molecule has 0 amide bonds. The molecule has 0 spiro atoms. The number of hydrogen-bond acceptors (Lipinski definition) is 4. The summed E-state index contributed by atoms with van der Waals surface area (Å²) in [6.07, 6.45) is 0.548. The van der Waals surface area contributed by atoms with Gasteiger partial charge in [0.2, 0.25) is 0 Å². The van der Waals surface area contributed by atoms with Crippen LogP contribution in [0.3, 0.4) is 0 Å². The minimum atomic E-state index is -0.892. The second kappa shape index (κ2) is 9.51. The van der Waals surface area contributed by atoms with E-state index < -0.39 is 35.7 Å². The first-order valence-electron chi connectivity index (χ1n) is 4.29. The van der Waals surface area contributed by atoms with Crippen LogP contribution in [0.25, 0.3) is 0 Å². The molecule has 0 aromatic rings. The fourth-order valence-corrected chi connectivity index (χ4v) is 6.26. The number of rotatable bonds is 8. The van der Waals surface area contributed by atoms with Crippen molar-refractivity contribution in [1.29, 1.82) is 0 Å². The smallest absolute Gasteiger partial charge is 0.330 e. The molecule has 0 atom stereocenters. The second-order valence-electron chi connectivity index (χ2n) is 2.49. The van der Waals surface area contributed by atoms with Crippen molar-refractivity contribution in [3.63, 3.8) is 0 Å². The Bertz CT molecular complexity index is 197. The SMILES string of the molecule is CCC(=C[SiH2]O[SiH2]O[SiH2]O[SiH3])C(=O)O. The van der Waals surface area contributed by atoms with Crippen molar-refractivity contribution in [2.45, 2.75) is 13.3 Å². The Morgan fingerprint density at radius 2 is 2.21 bits per heavy atom. The Hall–Kier alpha value is -0.0425. The predicted molar refractivity (Wildman–Crippen MR) is 64.8 cm³/mol. The van der Waals surface area contributed by atoms with Gasteiger partial charge in [-0.05, 0) is 6.42 Å². The first-order chi connectivity index (χ1) is 6.72. The molecule has 0 aromatic carbocycles. The van der Waals surface area contributed by atoms with E-state index in [1.165, 1.54) is 0 Å². The summed E-state index contributed by atoms with van der Waals surface area (Å²) >= 11 is 0. The Morgan fingerprint density at radius 1 is 1.50 bits per heavy atom. The van der Waals surface area contributed by atoms with Gasteiger partial charge in [0.1, 0.15) is 10.5 Å². The van der Waals surface area contributed by atoms with Crippen molar-refractivity contribution in [1.82, 2.24) is 0 Å². The molecule has 0 heterocycles. The largest absolute Gasteiger partial charge is 0.478 e. The van der Waals surface area contributed by atoms with Crippen LogP contribution >= 0.6 is 0 Å². The number of carboxylic acid groups (broad SMARTS) is 1. The maximum Gasteiger partial charge on any atom is 0.330 e. The standard InChI is InChI=1S/C5H16O5Si4/c1-2-4(5(6)7)3-12-9-14-10-13-8-11/h3H,2,12-14H2,1,11H3,(H,6,7). The Balaban J connectivity index is 3.53. The lowest BCUT2D eigenvalue weighted by molar-refractivity contribution is -0.132. The topological polar surface area (TPSA) is 65.0 Å². The van der Waals surface area contributed by atoms with Gasteiger partial charge >= 0.3 is 5.97 Å². The first-order valence-corrected chi connectivity index (χ1v) is 8.81. The lowest BCUT2D eigenvalue weighted by atomic mass is 10.2. The summed E-state index contributed by atoms with van der Waals surface area (Å²) in [5.41, 5.74) is 2.17. The van der Waals surface area contributed by atoms with Crippen LogP contribution in [0.2, 0.25) is 0 Å². The molecule has 0 aliphatic carbocycles. The fourth-order valence-electron chi connectivity index (χ4n) is 0.767. The van der Waals surface area contributed by atoms with Crippen molar-refractivity contribution >= 4 is 46.2 Å². The normalized spacial score (nSPS) is 14.5. The van der Waals surface area contributed by atoms with Gasteiger partial charge in [0.25, 0.3) is 20.0 Å². The van der Waals surface area contributed by atoms with Crippen LogP contribution in [0.4, 0.5) is 0 Å². The third-order valence-corrected chi connectivity index (χ3v) is 6.02. The molecule has 0 aliphatic heterocycles. The molecule has 9 heteroatoms. The van der Waals surface area contributed by atoms with Crippen LogP contribution in [-0.4, -0.2) is 51.3 Å². The van der Waals surface area contributed by atoms with Crippen molar-refractivity contribution in [3.05, 3.63) is 11.3 Å². The van der Waals surface area contributed by atoms with Crippen molar-refractivity contribution < 1.29 is 22.2 Å². The lowest BCUT2D eigenvalue weighted by Crippen LogP contribution is -2.12. The highest BCUT2D eigenvalue weighted by Crippen LogP contribution is 1.98. The van der Waals surface area contributed by atoms with Crippen molar-refractivity contribution in [2.75, 3.05) is 0 Å². The Kier molecular flexibility index (Phi) is 9.48. The highest BCUT2D eigenvalue weighted by Gasteiger charge is 2.02. The van der Waals surface area contributed by atoms with Gasteiger partial charge in [-0.25, -0.2) is 4.79 Å². The zero-order chi connectivity index (χ0) is 10.8. The van der Waals surface area contributed by atoms with Gasteiger partial charge in [0.15, 0.2) is 9.76 Å². The second-order valence-corrected chi connectivity index (χ2v) is 9.28. The molecule has 82 valence electrons. The summed E-state index contributed by atoms with van der Waals surface area (Å²) < 4.78 is 15.4. The van der Waals surface area contributed by atoms with Crippen molar-refractivity contribution in [3.8, 4) is 0 Å². The molecular formula is C5H16O5Si4. The first kappa shape index (κ1) is 14.0. The molecule has 0 rings (SSSR count). The van der Waals surface area contributed by atoms with E-state index in [0.29, 0.717) is 12.0 Å². The van der Waals surface area contributed by atoms with Crippen LogP contribution in [0.5, 0.6) is 0 Å². The Morgan fingerprint density at radius 3 is 2.71 bits per heavy atom. The van der Waals surface area contributed by atoms with Crippen LogP contribution in [0.15, 0.2) is 11.3 Å². The van der Waals surface area contributed by atoms with Crippen LogP contribution in [0, 0.1) is 0 Å².